The summed E-state index contributed by atoms with van der Waals surface area (Å²) in [6.45, 7) is 2.35. The predicted molar refractivity (Wildman–Crippen MR) is 48.7 cm³/mol. The van der Waals surface area contributed by atoms with E-state index in [0.29, 0.717) is 5.84 Å². The quantitative estimate of drug-likeness (QED) is 0.544. The fraction of sp³-hybridized carbons (Fsp3) is 0.750. The number of amides is 1. The van der Waals surface area contributed by atoms with Crippen molar-refractivity contribution >= 4 is 11.7 Å². The third kappa shape index (κ3) is 2.69. The minimum atomic E-state index is -0.330. The number of hydrogen-bond donors (Lipinski definition) is 3. The van der Waals surface area contributed by atoms with Crippen LogP contribution in [-0.4, -0.2) is 29.5 Å². The summed E-state index contributed by atoms with van der Waals surface area (Å²) in [6, 6.07) is -0.330. The molecule has 5 heteroatoms. The lowest BCUT2D eigenvalue weighted by atomic mass is 10.1. The van der Waals surface area contributed by atoms with Crippen LogP contribution in [0.25, 0.3) is 0 Å². The molecule has 13 heavy (non-hydrogen) atoms. The maximum absolute atomic E-state index is 11.2. The van der Waals surface area contributed by atoms with Crippen molar-refractivity contribution < 1.29 is 10.0 Å². The van der Waals surface area contributed by atoms with Crippen LogP contribution < -0.4 is 10.8 Å². The van der Waals surface area contributed by atoms with Crippen LogP contribution in [0, 0.1) is 0 Å². The highest BCUT2D eigenvalue weighted by Gasteiger charge is 2.21. The van der Waals surface area contributed by atoms with Crippen LogP contribution in [-0.2, 0) is 4.79 Å². The van der Waals surface area contributed by atoms with Gasteiger partial charge in [-0.15, -0.1) is 0 Å². The van der Waals surface area contributed by atoms with Crippen molar-refractivity contribution in [1.82, 2.24) is 10.8 Å². The first-order valence-electron chi connectivity index (χ1n) is 4.52. The van der Waals surface area contributed by atoms with Gasteiger partial charge in [0.15, 0.2) is 0 Å². The molecule has 1 heterocycles. The molecule has 74 valence electrons. The number of hydrogen-bond acceptors (Lipinski definition) is 4. The molecule has 5 nitrogen and oxygen atoms in total. The number of rotatable bonds is 3. The van der Waals surface area contributed by atoms with Crippen LogP contribution in [0.1, 0.15) is 26.2 Å². The molecule has 1 atom stereocenters. The summed E-state index contributed by atoms with van der Waals surface area (Å²) in [5.74, 6) is 0.383. The number of aliphatic imine (C=N–C) groups is 1. The minimum Gasteiger partial charge on any atom is -0.347 e. The zero-order valence-electron chi connectivity index (χ0n) is 7.71. The predicted octanol–water partition coefficient (Wildman–Crippen LogP) is 0.0523. The zero-order chi connectivity index (χ0) is 9.68. The first-order valence-corrected chi connectivity index (χ1v) is 4.52. The molecule has 1 unspecified atom stereocenters. The van der Waals surface area contributed by atoms with E-state index in [9.17, 15) is 4.79 Å². The first-order chi connectivity index (χ1) is 6.27. The van der Waals surface area contributed by atoms with Gasteiger partial charge in [-0.3, -0.25) is 20.5 Å². The molecule has 0 saturated carbocycles. The number of carbonyl (C=O) groups excluding carboxylic acids is 1. The third-order valence-corrected chi connectivity index (χ3v) is 2.00. The highest BCUT2D eigenvalue weighted by atomic mass is 16.5. The summed E-state index contributed by atoms with van der Waals surface area (Å²) in [4.78, 5) is 15.3. The molecule has 0 fully saturated rings. The molecule has 0 spiro atoms. The summed E-state index contributed by atoms with van der Waals surface area (Å²) in [5, 5.41) is 11.2. The fourth-order valence-corrected chi connectivity index (χ4v) is 1.24. The molecule has 0 aliphatic carbocycles. The number of hydroxylamine groups is 1. The van der Waals surface area contributed by atoms with Gasteiger partial charge in [-0.25, -0.2) is 0 Å². The van der Waals surface area contributed by atoms with Gasteiger partial charge in [0.1, 0.15) is 11.9 Å². The second-order valence-corrected chi connectivity index (χ2v) is 3.06. The highest BCUT2D eigenvalue weighted by molar-refractivity contribution is 5.95. The Labute approximate surface area is 77.2 Å². The summed E-state index contributed by atoms with van der Waals surface area (Å²) < 4.78 is 0. The van der Waals surface area contributed by atoms with Gasteiger partial charge in [0.25, 0.3) is 0 Å². The Morgan fingerprint density at radius 3 is 3.15 bits per heavy atom. The number of amidine groups is 1. The van der Waals surface area contributed by atoms with Crippen LogP contribution in [0.5, 0.6) is 0 Å². The van der Waals surface area contributed by atoms with Crippen LogP contribution in [0.3, 0.4) is 0 Å². The molecular weight excluding hydrogens is 170 g/mol. The van der Waals surface area contributed by atoms with E-state index < -0.39 is 0 Å². The largest absolute Gasteiger partial charge is 0.347 e. The highest BCUT2D eigenvalue weighted by Crippen LogP contribution is 2.07. The van der Waals surface area contributed by atoms with E-state index in [1.807, 2.05) is 5.48 Å². The van der Waals surface area contributed by atoms with Crippen molar-refractivity contribution in [3.8, 4) is 0 Å². The fourth-order valence-electron chi connectivity index (χ4n) is 1.24. The Kier molecular flexibility index (Phi) is 3.70. The Bertz CT molecular complexity index is 215. The van der Waals surface area contributed by atoms with Gasteiger partial charge in [-0.2, -0.15) is 0 Å². The Morgan fingerprint density at radius 1 is 1.77 bits per heavy atom. The van der Waals surface area contributed by atoms with E-state index in [4.69, 9.17) is 5.21 Å². The standard InChI is InChI=1S/C8H15N3O2/c1-2-3-4-6-8(12)9-5-7(10-6)11-13/h6,13H,2-5H2,1H3,(H,9,12)(H,10,11). The normalized spacial score (nSPS) is 22.2. The second-order valence-electron chi connectivity index (χ2n) is 3.06. The average Bonchev–Trinajstić information content (AvgIpc) is 2.17. The molecular formula is C8H15N3O2. The second kappa shape index (κ2) is 4.81. The molecule has 1 rings (SSSR count). The molecule has 1 amide bonds. The van der Waals surface area contributed by atoms with Crippen molar-refractivity contribution in [2.24, 2.45) is 4.99 Å². The van der Waals surface area contributed by atoms with Crippen molar-refractivity contribution in [2.45, 2.75) is 32.2 Å². The molecule has 0 aromatic carbocycles. The van der Waals surface area contributed by atoms with E-state index in [0.717, 1.165) is 19.3 Å². The summed E-state index contributed by atoms with van der Waals surface area (Å²) >= 11 is 0. The Morgan fingerprint density at radius 2 is 2.54 bits per heavy atom. The number of carbonyl (C=O) groups is 1. The molecule has 3 N–H and O–H groups in total. The molecule has 1 aliphatic heterocycles. The lowest BCUT2D eigenvalue weighted by molar-refractivity contribution is -0.122. The van der Waals surface area contributed by atoms with Gasteiger partial charge in [-0.1, -0.05) is 19.8 Å². The first kappa shape index (κ1) is 9.98. The lowest BCUT2D eigenvalue weighted by Gasteiger charge is -2.19. The van der Waals surface area contributed by atoms with Gasteiger partial charge in [0.05, 0.1) is 6.54 Å². The maximum Gasteiger partial charge on any atom is 0.245 e. The Hall–Kier alpha value is -1.10. The average molecular weight is 185 g/mol. The molecule has 0 saturated heterocycles. The van der Waals surface area contributed by atoms with E-state index in [1.54, 1.807) is 0 Å². The summed E-state index contributed by atoms with van der Waals surface area (Å²) in [6.07, 6.45) is 2.76. The van der Waals surface area contributed by atoms with Gasteiger partial charge >= 0.3 is 0 Å². The van der Waals surface area contributed by atoms with E-state index >= 15 is 0 Å². The number of unbranched alkanes of at least 4 members (excludes halogenated alkanes) is 1. The van der Waals surface area contributed by atoms with E-state index in [-0.39, 0.29) is 18.5 Å². The lowest BCUT2D eigenvalue weighted by Crippen LogP contribution is -2.46. The van der Waals surface area contributed by atoms with Crippen LogP contribution in [0.15, 0.2) is 4.99 Å². The topological polar surface area (TPSA) is 73.7 Å². The summed E-state index contributed by atoms with van der Waals surface area (Å²) in [7, 11) is 0. The van der Waals surface area contributed by atoms with Gasteiger partial charge in [0, 0.05) is 0 Å². The van der Waals surface area contributed by atoms with E-state index in [1.165, 1.54) is 0 Å². The van der Waals surface area contributed by atoms with Crippen LogP contribution in [0.2, 0.25) is 0 Å². The molecule has 0 radical (unpaired) electrons. The SMILES string of the molecule is CCCCC1N=C(NO)CNC1=O. The third-order valence-electron chi connectivity index (χ3n) is 2.00. The number of nitrogens with zero attached hydrogens (tertiary/aromatic N) is 1. The molecule has 0 aromatic heterocycles. The van der Waals surface area contributed by atoms with Crippen molar-refractivity contribution in [1.29, 1.82) is 0 Å². The Balaban J connectivity index is 2.52. The van der Waals surface area contributed by atoms with E-state index in [2.05, 4.69) is 17.2 Å². The van der Waals surface area contributed by atoms with Gasteiger partial charge in [-0.05, 0) is 6.42 Å². The van der Waals surface area contributed by atoms with Crippen molar-refractivity contribution in [2.75, 3.05) is 6.54 Å². The van der Waals surface area contributed by atoms with Gasteiger partial charge in [0.2, 0.25) is 5.91 Å². The minimum absolute atomic E-state index is 0.0487. The smallest absolute Gasteiger partial charge is 0.245 e. The number of nitrogens with one attached hydrogen (secondary N) is 2. The molecule has 0 bridgehead atoms. The zero-order valence-corrected chi connectivity index (χ0v) is 7.71. The van der Waals surface area contributed by atoms with Crippen molar-refractivity contribution in [3.63, 3.8) is 0 Å². The molecule has 1 aliphatic rings. The van der Waals surface area contributed by atoms with Crippen LogP contribution in [0.4, 0.5) is 0 Å². The monoisotopic (exact) mass is 185 g/mol. The van der Waals surface area contributed by atoms with Crippen molar-refractivity contribution in [3.05, 3.63) is 0 Å². The van der Waals surface area contributed by atoms with Crippen LogP contribution >= 0.6 is 0 Å². The molecule has 0 aromatic rings. The maximum atomic E-state index is 11.2. The summed E-state index contributed by atoms with van der Waals surface area (Å²) in [5.41, 5.74) is 1.97. The van der Waals surface area contributed by atoms with Gasteiger partial charge < -0.3 is 5.32 Å².